The second-order valence-corrected chi connectivity index (χ2v) is 5.63. The second kappa shape index (κ2) is 4.56. The third kappa shape index (κ3) is 1.85. The summed E-state index contributed by atoms with van der Waals surface area (Å²) in [4.78, 5) is 8.00. The summed E-state index contributed by atoms with van der Waals surface area (Å²) in [5, 5.41) is 11.2. The number of anilines is 2. The Labute approximate surface area is 116 Å². The number of nitrogens with zero attached hydrogens (tertiary/aromatic N) is 3. The highest BCUT2D eigenvalue weighted by molar-refractivity contribution is 7.10. The number of thiophene rings is 1. The lowest BCUT2D eigenvalue weighted by molar-refractivity contribution is 0.626. The first-order chi connectivity index (χ1) is 9.22. The van der Waals surface area contributed by atoms with Gasteiger partial charge in [-0.25, -0.2) is 4.98 Å². The number of nitrogens with two attached hydrogens (primary N) is 1. The second-order valence-electron chi connectivity index (χ2n) is 4.63. The third-order valence-electron chi connectivity index (χ3n) is 3.64. The Morgan fingerprint density at radius 3 is 3.16 bits per heavy atom. The SMILES string of the molecule is CC1c2ccsc2CCN1c1nccc(C#N)c1N. The van der Waals surface area contributed by atoms with Gasteiger partial charge in [0.2, 0.25) is 0 Å². The highest BCUT2D eigenvalue weighted by Gasteiger charge is 2.27. The summed E-state index contributed by atoms with van der Waals surface area (Å²) in [7, 11) is 0. The van der Waals surface area contributed by atoms with E-state index in [9.17, 15) is 0 Å². The molecule has 1 aliphatic heterocycles. The van der Waals surface area contributed by atoms with E-state index in [2.05, 4.69) is 34.3 Å². The molecule has 1 unspecified atom stereocenters. The smallest absolute Gasteiger partial charge is 0.153 e. The van der Waals surface area contributed by atoms with Crippen molar-refractivity contribution in [3.63, 3.8) is 0 Å². The van der Waals surface area contributed by atoms with Crippen LogP contribution >= 0.6 is 11.3 Å². The Balaban J connectivity index is 2.03. The van der Waals surface area contributed by atoms with Crippen molar-refractivity contribution in [3.8, 4) is 6.07 Å². The molecule has 0 spiro atoms. The molecule has 0 saturated heterocycles. The molecule has 1 aliphatic rings. The maximum Gasteiger partial charge on any atom is 0.153 e. The molecule has 0 saturated carbocycles. The summed E-state index contributed by atoms with van der Waals surface area (Å²) >= 11 is 1.81. The first kappa shape index (κ1) is 12.0. The van der Waals surface area contributed by atoms with Gasteiger partial charge in [0.05, 0.1) is 17.3 Å². The van der Waals surface area contributed by atoms with Crippen molar-refractivity contribution >= 4 is 22.8 Å². The Bertz CT molecular complexity index is 656. The maximum absolute atomic E-state index is 9.06. The molecule has 1 atom stereocenters. The van der Waals surface area contributed by atoms with E-state index < -0.39 is 0 Å². The van der Waals surface area contributed by atoms with Crippen LogP contribution in [0.4, 0.5) is 11.5 Å². The third-order valence-corrected chi connectivity index (χ3v) is 4.64. The fourth-order valence-electron chi connectivity index (χ4n) is 2.59. The number of pyridine rings is 1. The summed E-state index contributed by atoms with van der Waals surface area (Å²) < 4.78 is 0. The molecule has 0 aliphatic carbocycles. The van der Waals surface area contributed by atoms with Crippen LogP contribution in [0.3, 0.4) is 0 Å². The summed E-state index contributed by atoms with van der Waals surface area (Å²) in [6, 6.07) is 6.19. The van der Waals surface area contributed by atoms with Crippen molar-refractivity contribution in [2.24, 2.45) is 0 Å². The fraction of sp³-hybridized carbons (Fsp3) is 0.286. The molecule has 2 aromatic heterocycles. The van der Waals surface area contributed by atoms with E-state index >= 15 is 0 Å². The predicted octanol–water partition coefficient (Wildman–Crippen LogP) is 2.72. The molecular formula is C14H14N4S. The van der Waals surface area contributed by atoms with E-state index in [1.54, 1.807) is 12.3 Å². The van der Waals surface area contributed by atoms with Crippen LogP contribution in [0, 0.1) is 11.3 Å². The Kier molecular flexibility index (Phi) is 2.88. The van der Waals surface area contributed by atoms with Crippen LogP contribution < -0.4 is 10.6 Å². The molecule has 5 heteroatoms. The normalized spacial score (nSPS) is 17.9. The van der Waals surface area contributed by atoms with Gasteiger partial charge in [0.15, 0.2) is 5.82 Å². The molecule has 2 aromatic rings. The van der Waals surface area contributed by atoms with Gasteiger partial charge in [0, 0.05) is 17.6 Å². The molecule has 96 valence electrons. The number of rotatable bonds is 1. The Morgan fingerprint density at radius 1 is 1.53 bits per heavy atom. The van der Waals surface area contributed by atoms with Crippen LogP contribution in [0.2, 0.25) is 0 Å². The van der Waals surface area contributed by atoms with Crippen molar-refractivity contribution in [3.05, 3.63) is 39.7 Å². The van der Waals surface area contributed by atoms with Gasteiger partial charge >= 0.3 is 0 Å². The van der Waals surface area contributed by atoms with Gasteiger partial charge < -0.3 is 10.6 Å². The minimum atomic E-state index is 0.249. The minimum Gasteiger partial charge on any atom is -0.395 e. The maximum atomic E-state index is 9.06. The van der Waals surface area contributed by atoms with Crippen molar-refractivity contribution in [2.75, 3.05) is 17.2 Å². The first-order valence-electron chi connectivity index (χ1n) is 6.20. The number of nitrogen functional groups attached to an aromatic ring is 1. The lowest BCUT2D eigenvalue weighted by Gasteiger charge is -2.35. The minimum absolute atomic E-state index is 0.249. The molecule has 3 heterocycles. The zero-order valence-corrected chi connectivity index (χ0v) is 11.4. The quantitative estimate of drug-likeness (QED) is 0.865. The van der Waals surface area contributed by atoms with Crippen LogP contribution in [-0.4, -0.2) is 11.5 Å². The molecule has 19 heavy (non-hydrogen) atoms. The average Bonchev–Trinajstić information content (AvgIpc) is 2.89. The lowest BCUT2D eigenvalue weighted by Crippen LogP contribution is -2.34. The Morgan fingerprint density at radius 2 is 2.37 bits per heavy atom. The van der Waals surface area contributed by atoms with Crippen LogP contribution in [0.15, 0.2) is 23.7 Å². The van der Waals surface area contributed by atoms with Crippen LogP contribution in [-0.2, 0) is 6.42 Å². The lowest BCUT2D eigenvalue weighted by atomic mass is 10.0. The molecule has 0 fully saturated rings. The number of aromatic nitrogens is 1. The zero-order valence-electron chi connectivity index (χ0n) is 10.6. The standard InChI is InChI=1S/C14H14N4S/c1-9-11-4-7-19-12(11)3-6-18(9)14-13(16)10(8-15)2-5-17-14/h2,4-5,7,9H,3,6,16H2,1H3. The van der Waals surface area contributed by atoms with Gasteiger partial charge in [-0.1, -0.05) is 0 Å². The molecule has 0 aromatic carbocycles. The van der Waals surface area contributed by atoms with E-state index in [1.165, 1.54) is 10.4 Å². The van der Waals surface area contributed by atoms with Crippen molar-refractivity contribution in [2.45, 2.75) is 19.4 Å². The molecular weight excluding hydrogens is 256 g/mol. The van der Waals surface area contributed by atoms with Gasteiger partial charge in [0.25, 0.3) is 0 Å². The van der Waals surface area contributed by atoms with Gasteiger partial charge in [-0.15, -0.1) is 11.3 Å². The van der Waals surface area contributed by atoms with E-state index in [-0.39, 0.29) is 6.04 Å². The topological polar surface area (TPSA) is 65.9 Å². The molecule has 2 N–H and O–H groups in total. The average molecular weight is 270 g/mol. The fourth-order valence-corrected chi connectivity index (χ4v) is 3.55. The van der Waals surface area contributed by atoms with E-state index in [0.29, 0.717) is 11.3 Å². The number of hydrogen-bond donors (Lipinski definition) is 1. The number of fused-ring (bicyclic) bond motifs is 1. The van der Waals surface area contributed by atoms with Crippen molar-refractivity contribution in [1.82, 2.24) is 4.98 Å². The zero-order chi connectivity index (χ0) is 13.4. The summed E-state index contributed by atoms with van der Waals surface area (Å²) in [5.41, 5.74) is 8.38. The van der Waals surface area contributed by atoms with Crippen LogP contribution in [0.5, 0.6) is 0 Å². The van der Waals surface area contributed by atoms with Gasteiger partial charge in [0.1, 0.15) is 6.07 Å². The summed E-state index contributed by atoms with van der Waals surface area (Å²) in [5.74, 6) is 0.725. The van der Waals surface area contributed by atoms with Crippen LogP contribution in [0.25, 0.3) is 0 Å². The number of hydrogen-bond acceptors (Lipinski definition) is 5. The summed E-state index contributed by atoms with van der Waals surface area (Å²) in [6.07, 6.45) is 2.66. The van der Waals surface area contributed by atoms with E-state index in [4.69, 9.17) is 11.0 Å². The van der Waals surface area contributed by atoms with E-state index in [0.717, 1.165) is 18.8 Å². The molecule has 0 amide bonds. The molecule has 3 rings (SSSR count). The van der Waals surface area contributed by atoms with Gasteiger partial charge in [-0.2, -0.15) is 5.26 Å². The molecule has 0 radical (unpaired) electrons. The first-order valence-corrected chi connectivity index (χ1v) is 7.08. The molecule has 4 nitrogen and oxygen atoms in total. The van der Waals surface area contributed by atoms with E-state index in [1.807, 2.05) is 11.3 Å². The summed E-state index contributed by atoms with van der Waals surface area (Å²) in [6.45, 7) is 3.05. The van der Waals surface area contributed by atoms with Crippen molar-refractivity contribution < 1.29 is 0 Å². The number of nitriles is 1. The van der Waals surface area contributed by atoms with Gasteiger partial charge in [-0.05, 0) is 36.4 Å². The largest absolute Gasteiger partial charge is 0.395 e. The predicted molar refractivity (Wildman–Crippen MR) is 77.1 cm³/mol. The van der Waals surface area contributed by atoms with Crippen molar-refractivity contribution in [1.29, 1.82) is 5.26 Å². The monoisotopic (exact) mass is 270 g/mol. The highest BCUT2D eigenvalue weighted by atomic mass is 32.1. The Hall–Kier alpha value is -2.06. The highest BCUT2D eigenvalue weighted by Crippen LogP contribution is 2.37. The van der Waals surface area contributed by atoms with Gasteiger partial charge in [-0.3, -0.25) is 0 Å². The van der Waals surface area contributed by atoms with Crippen LogP contribution in [0.1, 0.15) is 29.0 Å². The molecule has 0 bridgehead atoms.